The summed E-state index contributed by atoms with van der Waals surface area (Å²) < 4.78 is 0. The van der Waals surface area contributed by atoms with Crippen molar-refractivity contribution in [3.63, 3.8) is 0 Å². The number of aromatic amines is 1. The standard InChI is InChI=1S/C13H13N3O3S/c17-12(10-11(13(18)19)15-6-14-10)16-8-2-1-3-9-7(8)4-5-20-9/h4-6,8H,1-3H2,(H,14,15)(H,16,17)(H,18,19). The maximum Gasteiger partial charge on any atom is 0.354 e. The van der Waals surface area contributed by atoms with Crippen molar-refractivity contribution in [3.8, 4) is 0 Å². The Morgan fingerprint density at radius 2 is 2.35 bits per heavy atom. The van der Waals surface area contributed by atoms with E-state index in [1.54, 1.807) is 11.3 Å². The first-order valence-electron chi connectivity index (χ1n) is 6.30. The molecule has 0 aromatic carbocycles. The number of fused-ring (bicyclic) bond motifs is 1. The van der Waals surface area contributed by atoms with E-state index in [4.69, 9.17) is 5.11 Å². The molecule has 0 fully saturated rings. The number of carbonyl (C=O) groups excluding carboxylic acids is 1. The van der Waals surface area contributed by atoms with Crippen LogP contribution in [0.15, 0.2) is 17.8 Å². The second-order valence-corrected chi connectivity index (χ2v) is 5.65. The van der Waals surface area contributed by atoms with Gasteiger partial charge in [-0.3, -0.25) is 4.79 Å². The fourth-order valence-electron chi connectivity index (χ4n) is 2.49. The highest BCUT2D eigenvalue weighted by Gasteiger charge is 2.26. The molecule has 3 rings (SSSR count). The summed E-state index contributed by atoms with van der Waals surface area (Å²) in [6.07, 6.45) is 4.14. The van der Waals surface area contributed by atoms with E-state index in [2.05, 4.69) is 15.3 Å². The van der Waals surface area contributed by atoms with Gasteiger partial charge in [-0.25, -0.2) is 9.78 Å². The number of imidazole rings is 1. The molecule has 7 heteroatoms. The van der Waals surface area contributed by atoms with Gasteiger partial charge in [-0.15, -0.1) is 11.3 Å². The van der Waals surface area contributed by atoms with Crippen molar-refractivity contribution in [1.82, 2.24) is 15.3 Å². The topological polar surface area (TPSA) is 95.1 Å². The Bertz CT molecular complexity index is 661. The molecule has 0 spiro atoms. The molecule has 6 nitrogen and oxygen atoms in total. The number of hydrogen-bond donors (Lipinski definition) is 3. The minimum Gasteiger partial charge on any atom is -0.477 e. The van der Waals surface area contributed by atoms with Gasteiger partial charge in [-0.05, 0) is 36.3 Å². The van der Waals surface area contributed by atoms with Crippen LogP contribution in [0.1, 0.15) is 50.3 Å². The third kappa shape index (κ3) is 2.20. The zero-order chi connectivity index (χ0) is 14.1. The molecule has 3 N–H and O–H groups in total. The van der Waals surface area contributed by atoms with Crippen LogP contribution in [0.25, 0.3) is 0 Å². The third-order valence-electron chi connectivity index (χ3n) is 3.43. The van der Waals surface area contributed by atoms with Gasteiger partial charge >= 0.3 is 5.97 Å². The number of carboxylic acid groups (broad SMARTS) is 1. The van der Waals surface area contributed by atoms with E-state index in [0.29, 0.717) is 0 Å². The molecule has 1 aliphatic carbocycles. The Labute approximate surface area is 118 Å². The maximum absolute atomic E-state index is 12.2. The summed E-state index contributed by atoms with van der Waals surface area (Å²) in [5, 5.41) is 13.9. The molecular formula is C13H13N3O3S. The molecular weight excluding hydrogens is 278 g/mol. The predicted molar refractivity (Wildman–Crippen MR) is 73.0 cm³/mol. The monoisotopic (exact) mass is 291 g/mol. The van der Waals surface area contributed by atoms with Gasteiger partial charge in [0.25, 0.3) is 5.91 Å². The number of aromatic nitrogens is 2. The molecule has 1 atom stereocenters. The van der Waals surface area contributed by atoms with Crippen LogP contribution < -0.4 is 5.32 Å². The number of thiophene rings is 1. The Hall–Kier alpha value is -2.15. The van der Waals surface area contributed by atoms with Crippen LogP contribution in [0, 0.1) is 0 Å². The van der Waals surface area contributed by atoms with E-state index >= 15 is 0 Å². The minimum atomic E-state index is -1.19. The quantitative estimate of drug-likeness (QED) is 0.805. The van der Waals surface area contributed by atoms with Crippen LogP contribution in [0.5, 0.6) is 0 Å². The molecule has 1 aliphatic rings. The number of H-pyrrole nitrogens is 1. The van der Waals surface area contributed by atoms with E-state index in [-0.39, 0.29) is 17.4 Å². The van der Waals surface area contributed by atoms with Gasteiger partial charge in [0.2, 0.25) is 0 Å². The van der Waals surface area contributed by atoms with E-state index in [1.807, 2.05) is 11.4 Å². The first-order chi connectivity index (χ1) is 9.66. The number of hydrogen-bond acceptors (Lipinski definition) is 4. The largest absolute Gasteiger partial charge is 0.477 e. The van der Waals surface area contributed by atoms with E-state index in [9.17, 15) is 9.59 Å². The molecule has 0 saturated carbocycles. The highest BCUT2D eigenvalue weighted by Crippen LogP contribution is 2.33. The second-order valence-electron chi connectivity index (χ2n) is 4.65. The van der Waals surface area contributed by atoms with E-state index < -0.39 is 11.9 Å². The Balaban J connectivity index is 1.81. The molecule has 0 saturated heterocycles. The number of aromatic carboxylic acids is 1. The van der Waals surface area contributed by atoms with Crippen LogP contribution in [0.3, 0.4) is 0 Å². The number of carboxylic acids is 1. The van der Waals surface area contributed by atoms with Crippen LogP contribution in [0.2, 0.25) is 0 Å². The minimum absolute atomic E-state index is 0.0594. The number of aryl methyl sites for hydroxylation is 1. The summed E-state index contributed by atoms with van der Waals surface area (Å²) in [4.78, 5) is 30.7. The molecule has 1 unspecified atom stereocenters. The third-order valence-corrected chi connectivity index (χ3v) is 4.42. The fourth-order valence-corrected chi connectivity index (χ4v) is 3.48. The van der Waals surface area contributed by atoms with Gasteiger partial charge in [-0.2, -0.15) is 0 Å². The van der Waals surface area contributed by atoms with E-state index in [0.717, 1.165) is 24.8 Å². The van der Waals surface area contributed by atoms with E-state index in [1.165, 1.54) is 11.2 Å². The summed E-state index contributed by atoms with van der Waals surface area (Å²) in [5.74, 6) is -1.64. The molecule has 20 heavy (non-hydrogen) atoms. The fraction of sp³-hybridized carbons (Fsp3) is 0.308. The van der Waals surface area contributed by atoms with Gasteiger partial charge in [0.1, 0.15) is 0 Å². The van der Waals surface area contributed by atoms with Gasteiger partial charge in [0.15, 0.2) is 11.4 Å². The van der Waals surface area contributed by atoms with Crippen molar-refractivity contribution in [2.45, 2.75) is 25.3 Å². The number of carbonyl (C=O) groups is 2. The Morgan fingerprint density at radius 3 is 3.15 bits per heavy atom. The Kier molecular flexibility index (Phi) is 3.27. The Morgan fingerprint density at radius 1 is 1.50 bits per heavy atom. The summed E-state index contributed by atoms with van der Waals surface area (Å²) in [7, 11) is 0. The highest BCUT2D eigenvalue weighted by atomic mass is 32.1. The van der Waals surface area contributed by atoms with Crippen molar-refractivity contribution in [1.29, 1.82) is 0 Å². The van der Waals surface area contributed by atoms with Crippen LogP contribution >= 0.6 is 11.3 Å². The lowest BCUT2D eigenvalue weighted by Crippen LogP contribution is -2.31. The van der Waals surface area contributed by atoms with Crippen LogP contribution in [-0.4, -0.2) is 27.0 Å². The van der Waals surface area contributed by atoms with Crippen molar-refractivity contribution in [2.75, 3.05) is 0 Å². The summed E-state index contributed by atoms with van der Waals surface area (Å²) in [6.45, 7) is 0. The average Bonchev–Trinajstić information content (AvgIpc) is 3.08. The summed E-state index contributed by atoms with van der Waals surface area (Å²) >= 11 is 1.69. The number of amides is 1. The van der Waals surface area contributed by atoms with Crippen molar-refractivity contribution >= 4 is 23.2 Å². The smallest absolute Gasteiger partial charge is 0.354 e. The normalized spacial score (nSPS) is 17.5. The molecule has 2 heterocycles. The van der Waals surface area contributed by atoms with Crippen molar-refractivity contribution in [2.24, 2.45) is 0 Å². The molecule has 2 aromatic heterocycles. The van der Waals surface area contributed by atoms with Crippen LogP contribution in [-0.2, 0) is 6.42 Å². The lowest BCUT2D eigenvalue weighted by atomic mass is 9.94. The molecule has 1 amide bonds. The zero-order valence-corrected chi connectivity index (χ0v) is 11.4. The first-order valence-corrected chi connectivity index (χ1v) is 7.18. The number of nitrogens with zero attached hydrogens (tertiary/aromatic N) is 1. The lowest BCUT2D eigenvalue weighted by molar-refractivity contribution is 0.0684. The van der Waals surface area contributed by atoms with Gasteiger partial charge in [0.05, 0.1) is 12.4 Å². The maximum atomic E-state index is 12.2. The summed E-state index contributed by atoms with van der Waals surface area (Å²) in [6, 6.07) is 1.96. The van der Waals surface area contributed by atoms with Gasteiger partial charge in [0, 0.05) is 4.88 Å². The van der Waals surface area contributed by atoms with Crippen molar-refractivity contribution < 1.29 is 14.7 Å². The molecule has 2 aromatic rings. The van der Waals surface area contributed by atoms with Gasteiger partial charge in [-0.1, -0.05) is 0 Å². The first kappa shape index (κ1) is 12.9. The molecule has 0 aliphatic heterocycles. The van der Waals surface area contributed by atoms with Crippen LogP contribution in [0.4, 0.5) is 0 Å². The SMILES string of the molecule is O=C(NC1CCCc2sccc21)c1nc[nH]c1C(=O)O. The zero-order valence-electron chi connectivity index (χ0n) is 10.5. The second kappa shape index (κ2) is 5.09. The molecule has 0 radical (unpaired) electrons. The highest BCUT2D eigenvalue weighted by molar-refractivity contribution is 7.10. The number of nitrogens with one attached hydrogen (secondary N) is 2. The predicted octanol–water partition coefficient (Wildman–Crippen LogP) is 1.98. The number of rotatable bonds is 3. The molecule has 104 valence electrons. The summed E-state index contributed by atoms with van der Waals surface area (Å²) in [5.41, 5.74) is 0.894. The van der Waals surface area contributed by atoms with Gasteiger partial charge < -0.3 is 15.4 Å². The molecule has 0 bridgehead atoms. The van der Waals surface area contributed by atoms with Crippen molar-refractivity contribution in [3.05, 3.63) is 39.6 Å². The lowest BCUT2D eigenvalue weighted by Gasteiger charge is -2.23. The average molecular weight is 291 g/mol.